The molecule has 2 aromatic rings. The number of anilines is 1. The largest absolute Gasteiger partial charge is 0.508 e. The van der Waals surface area contributed by atoms with E-state index in [0.29, 0.717) is 36.0 Å². The number of phenols is 1. The maximum absolute atomic E-state index is 12.4. The molecule has 0 radical (unpaired) electrons. The van der Waals surface area contributed by atoms with Crippen molar-refractivity contribution in [3.8, 4) is 23.3 Å². The molecule has 6 nitrogen and oxygen atoms in total. The average Bonchev–Trinajstić information content (AvgIpc) is 2.75. The summed E-state index contributed by atoms with van der Waals surface area (Å²) in [5.41, 5.74) is 1.11. The van der Waals surface area contributed by atoms with Crippen LogP contribution in [0.3, 0.4) is 0 Å². The number of hydrogen-bond donors (Lipinski definition) is 2. The van der Waals surface area contributed by atoms with Crippen molar-refractivity contribution in [3.63, 3.8) is 0 Å². The zero-order chi connectivity index (χ0) is 21.8. The van der Waals surface area contributed by atoms with E-state index >= 15 is 0 Å². The molecular formula is C24H28N2O4. The standard InChI is InChI=1S/C24H28N2O4/c1-3-5-6-7-14-30-22-13-8-18(16-23(22)29-4-2)15-19(17-25)24(28)26-20-9-11-21(27)12-10-20/h8-13,15-16,27H,3-7,14H2,1-2H3,(H,26,28)/b19-15+. The van der Waals surface area contributed by atoms with Gasteiger partial charge in [0.2, 0.25) is 0 Å². The van der Waals surface area contributed by atoms with Crippen molar-refractivity contribution < 1.29 is 19.4 Å². The SMILES string of the molecule is CCCCCCOc1ccc(/C=C(\C#N)C(=O)Nc2ccc(O)cc2)cc1OCC. The van der Waals surface area contributed by atoms with E-state index in [1.165, 1.54) is 31.1 Å². The first-order valence-electron chi connectivity index (χ1n) is 10.2. The van der Waals surface area contributed by atoms with Gasteiger partial charge in [-0.1, -0.05) is 32.3 Å². The van der Waals surface area contributed by atoms with Crippen molar-refractivity contribution in [1.29, 1.82) is 5.26 Å². The summed E-state index contributed by atoms with van der Waals surface area (Å²) in [5.74, 6) is 0.799. The fraction of sp³-hybridized carbons (Fsp3) is 0.333. The number of nitriles is 1. The van der Waals surface area contributed by atoms with Gasteiger partial charge in [-0.15, -0.1) is 0 Å². The Bertz CT molecular complexity index is 898. The lowest BCUT2D eigenvalue weighted by atomic mass is 10.1. The molecule has 0 heterocycles. The van der Waals surface area contributed by atoms with Crippen LogP contribution >= 0.6 is 0 Å². The molecule has 2 N–H and O–H groups in total. The Hall–Kier alpha value is -3.46. The lowest BCUT2D eigenvalue weighted by Gasteiger charge is -2.13. The topological polar surface area (TPSA) is 91.6 Å². The highest BCUT2D eigenvalue weighted by Crippen LogP contribution is 2.30. The van der Waals surface area contributed by atoms with Crippen molar-refractivity contribution in [2.75, 3.05) is 18.5 Å². The molecule has 0 saturated heterocycles. The summed E-state index contributed by atoms with van der Waals surface area (Å²) < 4.78 is 11.5. The van der Waals surface area contributed by atoms with Gasteiger partial charge in [0.15, 0.2) is 11.5 Å². The minimum atomic E-state index is -0.530. The first-order chi connectivity index (χ1) is 14.6. The Morgan fingerprint density at radius 3 is 2.50 bits per heavy atom. The number of nitrogens with one attached hydrogen (secondary N) is 1. The molecule has 0 saturated carbocycles. The number of unbranched alkanes of at least 4 members (excludes halogenated alkanes) is 3. The third-order valence-corrected chi connectivity index (χ3v) is 4.32. The summed E-state index contributed by atoms with van der Waals surface area (Å²) in [5, 5.41) is 21.4. The summed E-state index contributed by atoms with van der Waals surface area (Å²) in [7, 11) is 0. The second kappa shape index (κ2) is 12.2. The summed E-state index contributed by atoms with van der Waals surface area (Å²) in [6.07, 6.45) is 5.98. The molecule has 158 valence electrons. The molecule has 2 rings (SSSR count). The fourth-order valence-electron chi connectivity index (χ4n) is 2.77. The van der Waals surface area contributed by atoms with Crippen molar-refractivity contribution in [2.24, 2.45) is 0 Å². The van der Waals surface area contributed by atoms with Crippen molar-refractivity contribution in [3.05, 3.63) is 53.6 Å². The molecule has 2 aromatic carbocycles. The highest BCUT2D eigenvalue weighted by molar-refractivity contribution is 6.09. The minimum Gasteiger partial charge on any atom is -0.508 e. The van der Waals surface area contributed by atoms with Crippen LogP contribution in [-0.4, -0.2) is 24.2 Å². The number of benzene rings is 2. The van der Waals surface area contributed by atoms with E-state index in [-0.39, 0.29) is 11.3 Å². The monoisotopic (exact) mass is 408 g/mol. The number of hydrogen-bond acceptors (Lipinski definition) is 5. The van der Waals surface area contributed by atoms with E-state index in [2.05, 4.69) is 12.2 Å². The number of ether oxygens (including phenoxy) is 2. The maximum Gasteiger partial charge on any atom is 0.266 e. The Morgan fingerprint density at radius 1 is 1.07 bits per heavy atom. The van der Waals surface area contributed by atoms with E-state index in [0.717, 1.165) is 12.8 Å². The predicted octanol–water partition coefficient (Wildman–Crippen LogP) is 5.30. The smallest absolute Gasteiger partial charge is 0.266 e. The van der Waals surface area contributed by atoms with Crippen LogP contribution in [0.15, 0.2) is 48.0 Å². The van der Waals surface area contributed by atoms with Crippen molar-refractivity contribution >= 4 is 17.7 Å². The van der Waals surface area contributed by atoms with Gasteiger partial charge in [0.05, 0.1) is 13.2 Å². The normalized spacial score (nSPS) is 10.9. The molecule has 0 atom stereocenters. The second-order valence-corrected chi connectivity index (χ2v) is 6.72. The van der Waals surface area contributed by atoms with Gasteiger partial charge in [0, 0.05) is 5.69 Å². The Kier molecular flexibility index (Phi) is 9.26. The van der Waals surface area contributed by atoms with Crippen molar-refractivity contribution in [2.45, 2.75) is 39.5 Å². The lowest BCUT2D eigenvalue weighted by molar-refractivity contribution is -0.112. The molecule has 1 amide bonds. The van der Waals surface area contributed by atoms with Crippen LogP contribution in [0.4, 0.5) is 5.69 Å². The number of nitrogens with zero attached hydrogens (tertiary/aromatic N) is 1. The van der Waals surface area contributed by atoms with Crippen LogP contribution in [0.2, 0.25) is 0 Å². The molecule has 0 aliphatic carbocycles. The van der Waals surface area contributed by atoms with E-state index in [4.69, 9.17) is 9.47 Å². The zero-order valence-corrected chi connectivity index (χ0v) is 17.5. The Balaban J connectivity index is 2.12. The molecule has 0 fully saturated rings. The van der Waals surface area contributed by atoms with Gasteiger partial charge in [0.1, 0.15) is 17.4 Å². The highest BCUT2D eigenvalue weighted by Gasteiger charge is 2.11. The molecule has 30 heavy (non-hydrogen) atoms. The number of carbonyl (C=O) groups excluding carboxylic acids is 1. The average molecular weight is 408 g/mol. The van der Waals surface area contributed by atoms with Crippen LogP contribution in [-0.2, 0) is 4.79 Å². The molecule has 6 heteroatoms. The fourth-order valence-corrected chi connectivity index (χ4v) is 2.77. The van der Waals surface area contributed by atoms with Crippen molar-refractivity contribution in [1.82, 2.24) is 0 Å². The number of rotatable bonds is 11. The number of carbonyl (C=O) groups is 1. The Morgan fingerprint density at radius 2 is 1.83 bits per heavy atom. The third kappa shape index (κ3) is 7.17. The molecule has 0 aliphatic heterocycles. The quantitative estimate of drug-likeness (QED) is 0.228. The van der Waals surface area contributed by atoms with Gasteiger partial charge >= 0.3 is 0 Å². The Labute approximate surface area is 177 Å². The van der Waals surface area contributed by atoms with Gasteiger partial charge in [-0.3, -0.25) is 4.79 Å². The minimum absolute atomic E-state index is 0.0428. The first-order valence-corrected chi connectivity index (χ1v) is 10.2. The van der Waals surface area contributed by atoms with Gasteiger partial charge < -0.3 is 19.9 Å². The zero-order valence-electron chi connectivity index (χ0n) is 17.5. The lowest BCUT2D eigenvalue weighted by Crippen LogP contribution is -2.13. The van der Waals surface area contributed by atoms with Crippen LogP contribution in [0, 0.1) is 11.3 Å². The van der Waals surface area contributed by atoms with E-state index < -0.39 is 5.91 Å². The molecule has 0 bridgehead atoms. The van der Waals surface area contributed by atoms with Gasteiger partial charge in [0.25, 0.3) is 5.91 Å². The molecule has 0 spiro atoms. The molecular weight excluding hydrogens is 380 g/mol. The summed E-state index contributed by atoms with van der Waals surface area (Å²) >= 11 is 0. The van der Waals surface area contributed by atoms with Crippen LogP contribution < -0.4 is 14.8 Å². The first kappa shape index (κ1) is 22.8. The second-order valence-electron chi connectivity index (χ2n) is 6.72. The van der Waals surface area contributed by atoms with Gasteiger partial charge in [-0.05, 0) is 61.4 Å². The summed E-state index contributed by atoms with van der Waals surface area (Å²) in [6, 6.07) is 13.3. The van der Waals surface area contributed by atoms with E-state index in [1.54, 1.807) is 30.3 Å². The molecule has 0 unspecified atom stereocenters. The summed E-state index contributed by atoms with van der Waals surface area (Å²) in [6.45, 7) is 5.15. The third-order valence-electron chi connectivity index (χ3n) is 4.32. The van der Waals surface area contributed by atoms with E-state index in [1.807, 2.05) is 13.0 Å². The van der Waals surface area contributed by atoms with Gasteiger partial charge in [-0.25, -0.2) is 0 Å². The number of aromatic hydroxyl groups is 1. The highest BCUT2D eigenvalue weighted by atomic mass is 16.5. The maximum atomic E-state index is 12.4. The van der Waals surface area contributed by atoms with Crippen LogP contribution in [0.25, 0.3) is 6.08 Å². The predicted molar refractivity (Wildman–Crippen MR) is 118 cm³/mol. The molecule has 0 aromatic heterocycles. The van der Waals surface area contributed by atoms with Gasteiger partial charge in [-0.2, -0.15) is 5.26 Å². The molecule has 0 aliphatic rings. The van der Waals surface area contributed by atoms with Crippen LogP contribution in [0.1, 0.15) is 45.1 Å². The number of phenolic OH excluding ortho intramolecular Hbond substituents is 1. The van der Waals surface area contributed by atoms with Crippen LogP contribution in [0.5, 0.6) is 17.2 Å². The van der Waals surface area contributed by atoms with E-state index in [9.17, 15) is 15.2 Å². The number of amides is 1. The summed E-state index contributed by atoms with van der Waals surface area (Å²) in [4.78, 5) is 12.4.